The maximum Gasteiger partial charge on any atom is 0.410 e. The number of piperidine rings is 2. The Morgan fingerprint density at radius 2 is 1.74 bits per heavy atom. The van der Waals surface area contributed by atoms with Gasteiger partial charge in [-0.3, -0.25) is 14.8 Å². The van der Waals surface area contributed by atoms with Crippen LogP contribution >= 0.6 is 11.3 Å². The van der Waals surface area contributed by atoms with Gasteiger partial charge in [-0.1, -0.05) is 6.07 Å². The lowest BCUT2D eigenvalue weighted by atomic mass is 10.0. The molecular formula is C33H44N8O4S. The molecule has 0 bridgehead atoms. The highest BCUT2D eigenvalue weighted by molar-refractivity contribution is 7.10. The molecule has 0 spiro atoms. The smallest absolute Gasteiger partial charge is 0.410 e. The van der Waals surface area contributed by atoms with Gasteiger partial charge in [-0.15, -0.1) is 11.3 Å². The lowest BCUT2D eigenvalue weighted by molar-refractivity contribution is -0.143. The van der Waals surface area contributed by atoms with E-state index < -0.39 is 12.2 Å². The molecule has 3 saturated heterocycles. The van der Waals surface area contributed by atoms with Crippen molar-refractivity contribution in [3.05, 3.63) is 45.8 Å². The molecule has 3 aromatic rings. The molecule has 4 amide bonds. The van der Waals surface area contributed by atoms with Crippen molar-refractivity contribution in [1.29, 1.82) is 0 Å². The van der Waals surface area contributed by atoms with Gasteiger partial charge < -0.3 is 29.7 Å². The Morgan fingerprint density at radius 3 is 2.50 bits per heavy atom. The Balaban J connectivity index is 1.00. The summed E-state index contributed by atoms with van der Waals surface area (Å²) in [5, 5.41) is 13.2. The van der Waals surface area contributed by atoms with Gasteiger partial charge in [-0.25, -0.2) is 9.59 Å². The van der Waals surface area contributed by atoms with Crippen LogP contribution in [0.2, 0.25) is 0 Å². The second-order valence-electron chi connectivity index (χ2n) is 13.3. The number of carbonyl (C=O) groups is 3. The number of nitrogens with zero attached hydrogens (tertiary/aromatic N) is 6. The van der Waals surface area contributed by atoms with Crippen LogP contribution in [0.25, 0.3) is 10.9 Å². The Morgan fingerprint density at radius 1 is 1.00 bits per heavy atom. The molecule has 0 aliphatic carbocycles. The van der Waals surface area contributed by atoms with E-state index in [1.165, 1.54) is 0 Å². The zero-order valence-electron chi connectivity index (χ0n) is 26.7. The molecule has 3 fully saturated rings. The highest BCUT2D eigenvalue weighted by Gasteiger charge is 2.37. The highest BCUT2D eigenvalue weighted by atomic mass is 32.1. The van der Waals surface area contributed by atoms with Gasteiger partial charge in [-0.2, -0.15) is 5.10 Å². The number of aryl methyl sites for hydroxylation is 1. The zero-order chi connectivity index (χ0) is 31.8. The number of ether oxygens (including phenoxy) is 1. The van der Waals surface area contributed by atoms with Crippen LogP contribution < -0.4 is 5.32 Å². The highest BCUT2D eigenvalue weighted by Crippen LogP contribution is 2.31. The fraction of sp³-hybridized carbons (Fsp3) is 0.576. The normalized spacial score (nSPS) is 21.3. The van der Waals surface area contributed by atoms with Gasteiger partial charge >= 0.3 is 12.1 Å². The second kappa shape index (κ2) is 13.2. The third-order valence-corrected chi connectivity index (χ3v) is 11.2. The third kappa shape index (κ3) is 6.45. The fourth-order valence-corrected chi connectivity index (χ4v) is 8.36. The Kier molecular flexibility index (Phi) is 8.88. The van der Waals surface area contributed by atoms with E-state index in [9.17, 15) is 14.4 Å². The van der Waals surface area contributed by atoms with Gasteiger partial charge in [0, 0.05) is 68.0 Å². The van der Waals surface area contributed by atoms with Crippen LogP contribution in [-0.2, 0) is 22.5 Å². The second-order valence-corrected chi connectivity index (χ2v) is 14.3. The Bertz CT molecular complexity index is 1570. The molecule has 13 heteroatoms. The SMILES string of the molecule is Cc1cc(CC(OC(=O)N2CCC(N3Cc4sccc4NC3=O)CC2)C(=O)N2CCN(C3CCN(C)CC3)CC2)cc2cn[nH]c12. The molecule has 2 N–H and O–H groups in total. The van der Waals surface area contributed by atoms with Gasteiger partial charge in [-0.05, 0) is 81.4 Å². The summed E-state index contributed by atoms with van der Waals surface area (Å²) in [5.74, 6) is -0.132. The molecule has 0 saturated carbocycles. The van der Waals surface area contributed by atoms with Crippen LogP contribution in [0.4, 0.5) is 15.3 Å². The van der Waals surface area contributed by atoms with E-state index in [-0.39, 0.29) is 18.0 Å². The number of nitrogens with one attached hydrogen (secondary N) is 2. The van der Waals surface area contributed by atoms with Crippen LogP contribution in [0.5, 0.6) is 0 Å². The quantitative estimate of drug-likeness (QED) is 0.419. The molecule has 46 heavy (non-hydrogen) atoms. The van der Waals surface area contributed by atoms with Crippen molar-refractivity contribution in [3.8, 4) is 0 Å². The molecule has 1 aromatic carbocycles. The van der Waals surface area contributed by atoms with Gasteiger partial charge in [0.1, 0.15) is 0 Å². The number of fused-ring (bicyclic) bond motifs is 2. The molecule has 7 rings (SSSR count). The number of aromatic nitrogens is 2. The molecule has 6 heterocycles. The Hall–Kier alpha value is -3.68. The van der Waals surface area contributed by atoms with Gasteiger partial charge in [0.25, 0.3) is 5.91 Å². The number of likely N-dealkylation sites (tertiary alicyclic amines) is 2. The first-order valence-electron chi connectivity index (χ1n) is 16.6. The van der Waals surface area contributed by atoms with Crippen molar-refractivity contribution >= 4 is 46.0 Å². The van der Waals surface area contributed by atoms with E-state index in [2.05, 4.69) is 32.4 Å². The van der Waals surface area contributed by atoms with Crippen LogP contribution in [0.15, 0.2) is 29.8 Å². The largest absolute Gasteiger partial charge is 0.436 e. The average Bonchev–Trinajstić information content (AvgIpc) is 3.74. The number of urea groups is 1. The van der Waals surface area contributed by atoms with E-state index >= 15 is 0 Å². The molecule has 0 radical (unpaired) electrons. The number of H-pyrrole nitrogens is 1. The summed E-state index contributed by atoms with van der Waals surface area (Å²) >= 11 is 1.65. The number of rotatable bonds is 6. The lowest BCUT2D eigenvalue weighted by Gasteiger charge is -2.43. The van der Waals surface area contributed by atoms with Crippen LogP contribution in [0.1, 0.15) is 41.7 Å². The number of piperazine rings is 1. The van der Waals surface area contributed by atoms with E-state index in [0.717, 1.165) is 71.6 Å². The van der Waals surface area contributed by atoms with Gasteiger partial charge in [0.15, 0.2) is 6.10 Å². The first-order chi connectivity index (χ1) is 22.3. The fourth-order valence-electron chi connectivity index (χ4n) is 7.53. The summed E-state index contributed by atoms with van der Waals surface area (Å²) in [5.41, 5.74) is 3.83. The number of thiophene rings is 1. The predicted octanol–water partition coefficient (Wildman–Crippen LogP) is 3.73. The number of hydrogen-bond donors (Lipinski definition) is 2. The molecule has 1 atom stereocenters. The van der Waals surface area contributed by atoms with Crippen molar-refractivity contribution in [3.63, 3.8) is 0 Å². The van der Waals surface area contributed by atoms with Crippen LogP contribution in [0.3, 0.4) is 0 Å². The number of carbonyl (C=O) groups excluding carboxylic acids is 3. The van der Waals surface area contributed by atoms with Crippen LogP contribution in [0, 0.1) is 6.92 Å². The number of amides is 4. The first kappa shape index (κ1) is 30.9. The molecule has 4 aliphatic rings. The number of hydrogen-bond acceptors (Lipinski definition) is 8. The summed E-state index contributed by atoms with van der Waals surface area (Å²) in [7, 11) is 2.18. The molecule has 12 nitrogen and oxygen atoms in total. The van der Waals surface area contributed by atoms with Crippen molar-refractivity contribution < 1.29 is 19.1 Å². The summed E-state index contributed by atoms with van der Waals surface area (Å²) in [6.07, 6.45) is 4.34. The third-order valence-electron chi connectivity index (χ3n) is 10.3. The summed E-state index contributed by atoms with van der Waals surface area (Å²) < 4.78 is 6.10. The van der Waals surface area contributed by atoms with Crippen molar-refractivity contribution in [2.75, 3.05) is 64.7 Å². The number of aromatic amines is 1. The molecule has 4 aliphatic heterocycles. The summed E-state index contributed by atoms with van der Waals surface area (Å²) in [4.78, 5) is 52.0. The monoisotopic (exact) mass is 648 g/mol. The standard InChI is InChI=1S/C33H44N8O4S/c1-22-17-23(18-24-20-34-36-30(22)24)19-28(31(42)39-14-12-38(13-15-39)25-3-8-37(2)9-4-25)45-33(44)40-10-5-26(6-11-40)41-21-29-27(7-16-46-29)35-32(41)43/h7,16-18,20,25-26,28H,3-6,8-15,19,21H2,1-2H3,(H,34,36)(H,35,43). The molecule has 1 unspecified atom stereocenters. The topological polar surface area (TPSA) is 117 Å². The summed E-state index contributed by atoms with van der Waals surface area (Å²) in [6, 6.07) is 6.53. The first-order valence-corrected chi connectivity index (χ1v) is 17.4. The minimum absolute atomic E-state index is 0.0438. The van der Waals surface area contributed by atoms with E-state index in [0.29, 0.717) is 58.0 Å². The van der Waals surface area contributed by atoms with Crippen molar-refractivity contribution in [2.24, 2.45) is 0 Å². The Labute approximate surface area is 273 Å². The maximum absolute atomic E-state index is 14.1. The van der Waals surface area contributed by atoms with E-state index in [1.54, 1.807) is 22.4 Å². The van der Waals surface area contributed by atoms with E-state index in [1.807, 2.05) is 40.3 Å². The van der Waals surface area contributed by atoms with E-state index in [4.69, 9.17) is 4.74 Å². The molecule has 2 aromatic heterocycles. The molecular weight excluding hydrogens is 604 g/mol. The maximum atomic E-state index is 14.1. The summed E-state index contributed by atoms with van der Waals surface area (Å²) in [6.45, 7) is 8.72. The number of benzene rings is 1. The van der Waals surface area contributed by atoms with Crippen LogP contribution in [-0.4, -0.2) is 130 Å². The number of anilines is 1. The minimum atomic E-state index is -0.922. The molecule has 246 valence electrons. The lowest BCUT2D eigenvalue weighted by Crippen LogP contribution is -2.56. The van der Waals surface area contributed by atoms with Crippen molar-refractivity contribution in [1.82, 2.24) is 34.7 Å². The zero-order valence-corrected chi connectivity index (χ0v) is 27.6. The minimum Gasteiger partial charge on any atom is -0.436 e. The predicted molar refractivity (Wildman–Crippen MR) is 177 cm³/mol. The van der Waals surface area contributed by atoms with Gasteiger partial charge in [0.05, 0.1) is 23.9 Å². The van der Waals surface area contributed by atoms with Crippen molar-refractivity contribution in [2.45, 2.75) is 63.8 Å². The average molecular weight is 649 g/mol. The van der Waals surface area contributed by atoms with Gasteiger partial charge in [0.2, 0.25) is 0 Å².